The fourth-order valence-corrected chi connectivity index (χ4v) is 2.20. The largest absolute Gasteiger partial charge is 0.449 e. The maximum absolute atomic E-state index is 13.1. The van der Waals surface area contributed by atoms with Crippen LogP contribution in [0.25, 0.3) is 0 Å². The lowest BCUT2D eigenvalue weighted by molar-refractivity contribution is -0.385. The van der Waals surface area contributed by atoms with Gasteiger partial charge in [-0.15, -0.1) is 0 Å². The summed E-state index contributed by atoms with van der Waals surface area (Å²) < 4.78 is 19.8. The van der Waals surface area contributed by atoms with Gasteiger partial charge in [0, 0.05) is 15.7 Å². The Labute approximate surface area is 130 Å². The van der Waals surface area contributed by atoms with Crippen molar-refractivity contribution in [1.29, 1.82) is 0 Å². The third-order valence-electron chi connectivity index (χ3n) is 2.23. The van der Waals surface area contributed by atoms with Crippen LogP contribution in [0, 0.1) is 19.5 Å². The molecule has 0 aliphatic carbocycles. The van der Waals surface area contributed by atoms with Crippen molar-refractivity contribution >= 4 is 44.2 Å². The minimum atomic E-state index is -0.537. The Morgan fingerprint density at radius 1 is 1.21 bits per heavy atom. The lowest BCUT2D eigenvalue weighted by atomic mass is 10.3. The number of nitro groups is 1. The van der Waals surface area contributed by atoms with Crippen molar-refractivity contribution in [1.82, 2.24) is 0 Å². The smallest absolute Gasteiger partial charge is 0.312 e. The topological polar surface area (TPSA) is 52.4 Å². The van der Waals surface area contributed by atoms with Gasteiger partial charge in [0.15, 0.2) is 0 Å². The lowest BCUT2D eigenvalue weighted by Crippen LogP contribution is -1.95. The number of halogens is 3. The van der Waals surface area contributed by atoms with Crippen molar-refractivity contribution in [3.05, 3.63) is 60.4 Å². The van der Waals surface area contributed by atoms with Crippen LogP contribution < -0.4 is 4.74 Å². The summed E-state index contributed by atoms with van der Waals surface area (Å²) in [7, 11) is 0. The van der Waals surface area contributed by atoms with Crippen molar-refractivity contribution in [3.8, 4) is 11.5 Å². The zero-order chi connectivity index (χ0) is 14.0. The lowest BCUT2D eigenvalue weighted by Gasteiger charge is -2.08. The van der Waals surface area contributed by atoms with Gasteiger partial charge in [-0.2, -0.15) is 0 Å². The van der Waals surface area contributed by atoms with E-state index in [0.717, 1.165) is 9.64 Å². The molecule has 0 saturated heterocycles. The molecule has 2 aromatic carbocycles. The van der Waals surface area contributed by atoms with Gasteiger partial charge in [0.2, 0.25) is 5.75 Å². The molecule has 0 heterocycles. The molecule has 2 rings (SSSR count). The summed E-state index contributed by atoms with van der Waals surface area (Å²) in [5, 5.41) is 11.0. The number of nitro benzene ring substituents is 1. The van der Waals surface area contributed by atoms with E-state index in [-0.39, 0.29) is 17.2 Å². The van der Waals surface area contributed by atoms with E-state index in [0.29, 0.717) is 4.47 Å². The summed E-state index contributed by atoms with van der Waals surface area (Å²) in [4.78, 5) is 10.4. The van der Waals surface area contributed by atoms with Crippen molar-refractivity contribution < 1.29 is 14.1 Å². The molecule has 0 amide bonds. The molecule has 2 aromatic rings. The highest BCUT2D eigenvalue weighted by Crippen LogP contribution is 2.36. The zero-order valence-electron chi connectivity index (χ0n) is 9.27. The fraction of sp³-hybridized carbons (Fsp3) is 0. The molecule has 0 atom stereocenters. The number of hydrogen-bond acceptors (Lipinski definition) is 3. The minimum Gasteiger partial charge on any atom is -0.449 e. The maximum atomic E-state index is 13.1. The van der Waals surface area contributed by atoms with E-state index in [2.05, 4.69) is 15.9 Å². The molecule has 0 aliphatic rings. The molecule has 4 nitrogen and oxygen atoms in total. The van der Waals surface area contributed by atoms with Crippen LogP contribution in [0.1, 0.15) is 0 Å². The van der Waals surface area contributed by atoms with E-state index in [1.54, 1.807) is 6.07 Å². The molecule has 7 heteroatoms. The summed E-state index contributed by atoms with van der Waals surface area (Å²) in [5.74, 6) is -0.229. The average Bonchev–Trinajstić information content (AvgIpc) is 2.35. The van der Waals surface area contributed by atoms with Crippen LogP contribution >= 0.6 is 38.5 Å². The number of benzene rings is 2. The first-order valence-corrected chi connectivity index (χ1v) is 6.91. The summed E-state index contributed by atoms with van der Waals surface area (Å²) in [6.45, 7) is 0. The van der Waals surface area contributed by atoms with Gasteiger partial charge in [-0.1, -0.05) is 0 Å². The third kappa shape index (κ3) is 3.41. The Morgan fingerprint density at radius 3 is 2.63 bits per heavy atom. The van der Waals surface area contributed by atoms with Crippen LogP contribution in [0.4, 0.5) is 10.1 Å². The van der Waals surface area contributed by atoms with E-state index >= 15 is 0 Å². The molecular formula is C12H6BrFINO3. The molecule has 0 saturated carbocycles. The highest BCUT2D eigenvalue weighted by atomic mass is 127. The molecule has 98 valence electrons. The Kier molecular flexibility index (Phi) is 4.35. The maximum Gasteiger partial charge on any atom is 0.312 e. The second-order valence-corrected chi connectivity index (χ2v) is 5.65. The first-order valence-electron chi connectivity index (χ1n) is 5.04. The number of hydrogen-bond donors (Lipinski definition) is 0. The molecule has 0 radical (unpaired) electrons. The Hall–Kier alpha value is -1.22. The Balaban J connectivity index is 2.43. The second kappa shape index (κ2) is 5.83. The van der Waals surface area contributed by atoms with Crippen LogP contribution in [-0.2, 0) is 0 Å². The van der Waals surface area contributed by atoms with E-state index in [9.17, 15) is 14.5 Å². The van der Waals surface area contributed by atoms with Crippen LogP contribution in [0.15, 0.2) is 40.9 Å². The van der Waals surface area contributed by atoms with E-state index in [1.165, 1.54) is 24.3 Å². The van der Waals surface area contributed by atoms with Gasteiger partial charge in [-0.05, 0) is 62.8 Å². The van der Waals surface area contributed by atoms with Crippen molar-refractivity contribution in [3.63, 3.8) is 0 Å². The van der Waals surface area contributed by atoms with Gasteiger partial charge in [0.25, 0.3) is 0 Å². The Bertz CT molecular complexity index is 651. The van der Waals surface area contributed by atoms with Crippen molar-refractivity contribution in [2.24, 2.45) is 0 Å². The summed E-state index contributed by atoms with van der Waals surface area (Å²) >= 11 is 5.17. The predicted octanol–water partition coefficient (Wildman–Crippen LogP) is 4.89. The molecule has 0 unspecified atom stereocenters. The summed E-state index contributed by atoms with van der Waals surface area (Å²) in [6, 6.07) is 8.45. The molecule has 0 aliphatic heterocycles. The van der Waals surface area contributed by atoms with Gasteiger partial charge in [0.1, 0.15) is 11.6 Å². The molecule has 0 aromatic heterocycles. The quantitative estimate of drug-likeness (QED) is 0.390. The van der Waals surface area contributed by atoms with Crippen molar-refractivity contribution in [2.75, 3.05) is 0 Å². The van der Waals surface area contributed by atoms with Gasteiger partial charge in [-0.25, -0.2) is 4.39 Å². The number of nitrogens with zero attached hydrogens (tertiary/aromatic N) is 1. The molecule has 0 N–H and O–H groups in total. The monoisotopic (exact) mass is 437 g/mol. The van der Waals surface area contributed by atoms with Gasteiger partial charge >= 0.3 is 5.69 Å². The zero-order valence-corrected chi connectivity index (χ0v) is 13.0. The highest BCUT2D eigenvalue weighted by Gasteiger charge is 2.17. The molecule has 0 fully saturated rings. The summed E-state index contributed by atoms with van der Waals surface area (Å²) in [6.07, 6.45) is 0. The van der Waals surface area contributed by atoms with Crippen LogP contribution in [-0.4, -0.2) is 4.92 Å². The fourth-order valence-electron chi connectivity index (χ4n) is 1.39. The highest BCUT2D eigenvalue weighted by molar-refractivity contribution is 14.1. The normalized spacial score (nSPS) is 10.3. The average molecular weight is 438 g/mol. The number of ether oxygens (including phenoxy) is 1. The Morgan fingerprint density at radius 2 is 1.95 bits per heavy atom. The van der Waals surface area contributed by atoms with Crippen LogP contribution in [0.2, 0.25) is 0 Å². The number of rotatable bonds is 3. The van der Waals surface area contributed by atoms with E-state index in [4.69, 9.17) is 4.74 Å². The van der Waals surface area contributed by atoms with Crippen molar-refractivity contribution in [2.45, 2.75) is 0 Å². The molecule has 0 spiro atoms. The predicted molar refractivity (Wildman–Crippen MR) is 80.0 cm³/mol. The SMILES string of the molecule is O=[N+]([O-])c1cc(I)ccc1Oc1cc(F)ccc1Br. The first kappa shape index (κ1) is 14.2. The third-order valence-corrected chi connectivity index (χ3v) is 3.56. The van der Waals surface area contributed by atoms with Gasteiger partial charge < -0.3 is 4.74 Å². The summed E-state index contributed by atoms with van der Waals surface area (Å²) in [5.41, 5.74) is -0.164. The van der Waals surface area contributed by atoms with Gasteiger partial charge in [0.05, 0.1) is 9.40 Å². The van der Waals surface area contributed by atoms with E-state index < -0.39 is 10.7 Å². The van der Waals surface area contributed by atoms with Gasteiger partial charge in [-0.3, -0.25) is 10.1 Å². The first-order chi connectivity index (χ1) is 8.97. The van der Waals surface area contributed by atoms with E-state index in [1.807, 2.05) is 22.6 Å². The second-order valence-electron chi connectivity index (χ2n) is 3.55. The standard InChI is InChI=1S/C12H6BrFINO3/c13-9-3-1-7(14)5-12(9)19-11-4-2-8(15)6-10(11)16(17)18/h1-6H. The molecule has 0 bridgehead atoms. The molecule has 19 heavy (non-hydrogen) atoms. The van der Waals surface area contributed by atoms with Crippen LogP contribution in [0.5, 0.6) is 11.5 Å². The minimum absolute atomic E-state index is 0.0664. The molecular weight excluding hydrogens is 432 g/mol. The van der Waals surface area contributed by atoms with Crippen LogP contribution in [0.3, 0.4) is 0 Å².